The SMILES string of the molecule is CC(CC(=O)O)CC(=O)N(C)CCOc1ccccc1Cl. The molecule has 1 amide bonds. The van der Waals surface area contributed by atoms with Crippen LogP contribution in [0.15, 0.2) is 24.3 Å². The van der Waals surface area contributed by atoms with Gasteiger partial charge in [0.1, 0.15) is 12.4 Å². The van der Waals surface area contributed by atoms with E-state index >= 15 is 0 Å². The normalized spacial score (nSPS) is 11.8. The van der Waals surface area contributed by atoms with Crippen molar-refractivity contribution in [1.29, 1.82) is 0 Å². The Morgan fingerprint density at radius 1 is 1.33 bits per heavy atom. The molecule has 0 aromatic heterocycles. The molecule has 1 unspecified atom stereocenters. The summed E-state index contributed by atoms with van der Waals surface area (Å²) in [4.78, 5) is 24.0. The summed E-state index contributed by atoms with van der Waals surface area (Å²) >= 11 is 5.96. The van der Waals surface area contributed by atoms with E-state index in [1.165, 1.54) is 4.90 Å². The van der Waals surface area contributed by atoms with Crippen LogP contribution < -0.4 is 4.74 Å². The van der Waals surface area contributed by atoms with E-state index in [0.717, 1.165) is 0 Å². The van der Waals surface area contributed by atoms with Gasteiger partial charge in [0.25, 0.3) is 0 Å². The Morgan fingerprint density at radius 3 is 2.62 bits per heavy atom. The molecule has 0 fully saturated rings. The molecule has 21 heavy (non-hydrogen) atoms. The number of amides is 1. The number of aliphatic carboxylic acids is 1. The molecule has 0 saturated heterocycles. The second-order valence-corrected chi connectivity index (χ2v) is 5.41. The van der Waals surface area contributed by atoms with Gasteiger partial charge in [0.05, 0.1) is 11.6 Å². The van der Waals surface area contributed by atoms with Crippen molar-refractivity contribution < 1.29 is 19.4 Å². The lowest BCUT2D eigenvalue weighted by Gasteiger charge is -2.19. The van der Waals surface area contributed by atoms with E-state index in [-0.39, 0.29) is 24.7 Å². The van der Waals surface area contributed by atoms with Gasteiger partial charge < -0.3 is 14.7 Å². The number of nitrogens with zero attached hydrogens (tertiary/aromatic N) is 1. The highest BCUT2D eigenvalue weighted by atomic mass is 35.5. The average Bonchev–Trinajstić information content (AvgIpc) is 2.39. The van der Waals surface area contributed by atoms with Crippen molar-refractivity contribution >= 4 is 23.5 Å². The molecule has 6 heteroatoms. The Balaban J connectivity index is 2.33. The van der Waals surface area contributed by atoms with Crippen molar-refractivity contribution in [2.45, 2.75) is 19.8 Å². The van der Waals surface area contributed by atoms with Gasteiger partial charge in [-0.05, 0) is 18.1 Å². The van der Waals surface area contributed by atoms with E-state index in [4.69, 9.17) is 21.4 Å². The highest BCUT2D eigenvalue weighted by Crippen LogP contribution is 2.22. The van der Waals surface area contributed by atoms with Gasteiger partial charge in [-0.15, -0.1) is 0 Å². The molecule has 0 radical (unpaired) electrons. The first kappa shape index (κ1) is 17.3. The van der Waals surface area contributed by atoms with Crippen LogP contribution in [0, 0.1) is 5.92 Å². The average molecular weight is 314 g/mol. The predicted molar refractivity (Wildman–Crippen MR) is 80.6 cm³/mol. The van der Waals surface area contributed by atoms with Gasteiger partial charge >= 0.3 is 5.97 Å². The van der Waals surface area contributed by atoms with Gasteiger partial charge in [-0.2, -0.15) is 0 Å². The zero-order valence-corrected chi connectivity index (χ0v) is 13.0. The Morgan fingerprint density at radius 2 is 2.00 bits per heavy atom. The number of carboxylic acid groups (broad SMARTS) is 1. The summed E-state index contributed by atoms with van der Waals surface area (Å²) < 4.78 is 5.51. The maximum atomic E-state index is 11.9. The molecular weight excluding hydrogens is 294 g/mol. The van der Waals surface area contributed by atoms with Gasteiger partial charge in [-0.25, -0.2) is 0 Å². The fraction of sp³-hybridized carbons (Fsp3) is 0.467. The minimum Gasteiger partial charge on any atom is -0.490 e. The van der Waals surface area contributed by atoms with E-state index in [9.17, 15) is 9.59 Å². The number of halogens is 1. The largest absolute Gasteiger partial charge is 0.490 e. The molecule has 0 bridgehead atoms. The third kappa shape index (κ3) is 6.49. The number of para-hydroxylation sites is 1. The number of ether oxygens (including phenoxy) is 1. The van der Waals surface area contributed by atoms with Crippen molar-refractivity contribution in [2.24, 2.45) is 5.92 Å². The van der Waals surface area contributed by atoms with E-state index < -0.39 is 5.97 Å². The van der Waals surface area contributed by atoms with Crippen LogP contribution >= 0.6 is 11.6 Å². The number of carbonyl (C=O) groups is 2. The third-order valence-corrected chi connectivity index (χ3v) is 3.31. The van der Waals surface area contributed by atoms with Crippen molar-refractivity contribution in [3.05, 3.63) is 29.3 Å². The molecule has 0 aliphatic carbocycles. The first-order chi connectivity index (χ1) is 9.90. The second-order valence-electron chi connectivity index (χ2n) is 5.00. The quantitative estimate of drug-likeness (QED) is 0.801. The lowest BCUT2D eigenvalue weighted by atomic mass is 10.0. The Bertz CT molecular complexity index is 492. The molecule has 1 atom stereocenters. The third-order valence-electron chi connectivity index (χ3n) is 2.99. The molecule has 1 N–H and O–H groups in total. The first-order valence-corrected chi connectivity index (χ1v) is 7.11. The van der Waals surface area contributed by atoms with Gasteiger partial charge in [0.15, 0.2) is 0 Å². The van der Waals surface area contributed by atoms with Crippen molar-refractivity contribution in [2.75, 3.05) is 20.2 Å². The lowest BCUT2D eigenvalue weighted by molar-refractivity contribution is -0.138. The number of carboxylic acids is 1. The van der Waals surface area contributed by atoms with Crippen molar-refractivity contribution in [3.8, 4) is 5.75 Å². The van der Waals surface area contributed by atoms with Crippen LogP contribution in [0.5, 0.6) is 5.75 Å². The molecular formula is C15H20ClNO4. The van der Waals surface area contributed by atoms with E-state index in [1.807, 2.05) is 12.1 Å². The van der Waals surface area contributed by atoms with Gasteiger partial charge in [0, 0.05) is 19.9 Å². The van der Waals surface area contributed by atoms with Crippen molar-refractivity contribution in [1.82, 2.24) is 4.90 Å². The van der Waals surface area contributed by atoms with Gasteiger partial charge in [-0.1, -0.05) is 30.7 Å². The number of hydrogen-bond donors (Lipinski definition) is 1. The lowest BCUT2D eigenvalue weighted by Crippen LogP contribution is -2.32. The minimum absolute atomic E-state index is 0.00426. The van der Waals surface area contributed by atoms with Crippen LogP contribution in [-0.2, 0) is 9.59 Å². The predicted octanol–water partition coefficient (Wildman–Crippen LogP) is 2.68. The maximum absolute atomic E-state index is 11.9. The number of carbonyl (C=O) groups excluding carboxylic acids is 1. The molecule has 0 aliphatic heterocycles. The van der Waals surface area contributed by atoms with Crippen molar-refractivity contribution in [3.63, 3.8) is 0 Å². The monoisotopic (exact) mass is 313 g/mol. The molecule has 1 rings (SSSR count). The molecule has 1 aromatic carbocycles. The number of hydrogen-bond acceptors (Lipinski definition) is 3. The highest BCUT2D eigenvalue weighted by Gasteiger charge is 2.15. The second kappa shape index (κ2) is 8.52. The van der Waals surface area contributed by atoms with Crippen LogP contribution in [0.2, 0.25) is 5.02 Å². The summed E-state index contributed by atoms with van der Waals surface area (Å²) in [5.41, 5.74) is 0. The Hall–Kier alpha value is -1.75. The minimum atomic E-state index is -0.889. The van der Waals surface area contributed by atoms with Crippen LogP contribution in [0.25, 0.3) is 0 Å². The summed E-state index contributed by atoms with van der Waals surface area (Å²) in [5, 5.41) is 9.20. The van der Waals surface area contributed by atoms with Gasteiger partial charge in [-0.3, -0.25) is 9.59 Å². The molecule has 116 valence electrons. The zero-order valence-electron chi connectivity index (χ0n) is 12.2. The Labute approximate surface area is 129 Å². The molecule has 0 heterocycles. The topological polar surface area (TPSA) is 66.8 Å². The summed E-state index contributed by atoms with van der Waals surface area (Å²) in [5.74, 6) is -0.576. The highest BCUT2D eigenvalue weighted by molar-refractivity contribution is 6.32. The molecule has 0 aliphatic rings. The fourth-order valence-corrected chi connectivity index (χ4v) is 1.99. The van der Waals surface area contributed by atoms with Crippen LogP contribution in [-0.4, -0.2) is 42.1 Å². The summed E-state index contributed by atoms with van der Waals surface area (Å²) in [7, 11) is 1.67. The first-order valence-electron chi connectivity index (χ1n) is 6.73. The van der Waals surface area contributed by atoms with E-state index in [0.29, 0.717) is 23.9 Å². The Kier molecular flexibility index (Phi) is 7.02. The van der Waals surface area contributed by atoms with Crippen LogP contribution in [0.3, 0.4) is 0 Å². The van der Waals surface area contributed by atoms with E-state index in [2.05, 4.69) is 0 Å². The molecule has 0 saturated carbocycles. The standard InChI is InChI=1S/C15H20ClNO4/c1-11(10-15(19)20)9-14(18)17(2)7-8-21-13-6-4-3-5-12(13)16/h3-6,11H,7-10H2,1-2H3,(H,19,20). The van der Waals surface area contributed by atoms with Crippen LogP contribution in [0.4, 0.5) is 0 Å². The number of rotatable bonds is 8. The zero-order chi connectivity index (χ0) is 15.8. The summed E-state index contributed by atoms with van der Waals surface area (Å²) in [6.07, 6.45) is 0.213. The fourth-order valence-electron chi connectivity index (χ4n) is 1.80. The molecule has 5 nitrogen and oxygen atoms in total. The van der Waals surface area contributed by atoms with E-state index in [1.54, 1.807) is 26.1 Å². The summed E-state index contributed by atoms with van der Waals surface area (Å²) in [6.45, 7) is 2.50. The number of benzene rings is 1. The molecule has 1 aromatic rings. The van der Waals surface area contributed by atoms with Gasteiger partial charge in [0.2, 0.25) is 5.91 Å². The van der Waals surface area contributed by atoms with Crippen LogP contribution in [0.1, 0.15) is 19.8 Å². The molecule has 0 spiro atoms. The summed E-state index contributed by atoms with van der Waals surface area (Å²) in [6, 6.07) is 7.14. The number of likely N-dealkylation sites (N-methyl/N-ethyl adjacent to an activating group) is 1. The smallest absolute Gasteiger partial charge is 0.303 e. The maximum Gasteiger partial charge on any atom is 0.303 e.